The van der Waals surface area contributed by atoms with Crippen LogP contribution in [0.5, 0.6) is 0 Å². The maximum Gasteiger partial charge on any atom is 0.426 e. The molecule has 2 rings (SSSR count). The molecule has 0 aromatic heterocycles. The van der Waals surface area contributed by atoms with Crippen molar-refractivity contribution in [2.45, 2.75) is 71.0 Å². The number of esters is 1. The number of carbonyl (C=O) groups excluding carboxylic acids is 1. The Balaban J connectivity index is 2.77. The molecule has 0 bridgehead atoms. The van der Waals surface area contributed by atoms with Gasteiger partial charge in [-0.25, -0.2) is 0 Å². The minimum absolute atomic E-state index is 0.0305. The van der Waals surface area contributed by atoms with Gasteiger partial charge in [-0.3, -0.25) is 4.79 Å². The number of carbonyl (C=O) groups is 1. The molecule has 2 atom stereocenters. The van der Waals surface area contributed by atoms with Crippen LogP contribution < -0.4 is 0 Å². The summed E-state index contributed by atoms with van der Waals surface area (Å²) in [4.78, 5) is 13.1. The van der Waals surface area contributed by atoms with Crippen LogP contribution in [0.4, 0.5) is 26.3 Å². The predicted octanol–water partition coefficient (Wildman–Crippen LogP) is 5.76. The quantitative estimate of drug-likeness (QED) is 0.478. The summed E-state index contributed by atoms with van der Waals surface area (Å²) in [5.74, 6) is -1.32. The third-order valence-corrected chi connectivity index (χ3v) is 6.32. The zero-order chi connectivity index (χ0) is 23.4. The molecule has 1 aliphatic heterocycles. The van der Waals surface area contributed by atoms with Gasteiger partial charge in [-0.05, 0) is 16.9 Å². The zero-order valence-electron chi connectivity index (χ0n) is 17.4. The van der Waals surface area contributed by atoms with Crippen molar-refractivity contribution in [3.05, 3.63) is 35.9 Å². The second-order valence-electron chi connectivity index (χ2n) is 9.34. The van der Waals surface area contributed by atoms with E-state index in [1.165, 1.54) is 30.3 Å². The molecular formula is C21H26F6O3. The largest absolute Gasteiger partial charge is 0.454 e. The summed E-state index contributed by atoms with van der Waals surface area (Å²) in [6, 6.07) is 7.00. The molecule has 1 N–H and O–H groups in total. The van der Waals surface area contributed by atoms with E-state index in [9.17, 15) is 36.2 Å². The molecule has 0 spiro atoms. The van der Waals surface area contributed by atoms with Gasteiger partial charge in [0, 0.05) is 12.8 Å². The Hall–Kier alpha value is -1.77. The monoisotopic (exact) mass is 440 g/mol. The Bertz CT molecular complexity index is 765. The van der Waals surface area contributed by atoms with Crippen molar-refractivity contribution >= 4 is 5.97 Å². The van der Waals surface area contributed by atoms with Crippen molar-refractivity contribution in [3.8, 4) is 0 Å². The molecule has 30 heavy (non-hydrogen) atoms. The van der Waals surface area contributed by atoms with E-state index < -0.39 is 59.1 Å². The molecule has 1 aromatic rings. The van der Waals surface area contributed by atoms with Gasteiger partial charge in [0.1, 0.15) is 5.60 Å². The number of hydrogen-bond donors (Lipinski definition) is 1. The molecule has 1 heterocycles. The lowest BCUT2D eigenvalue weighted by molar-refractivity contribution is -0.378. The second-order valence-corrected chi connectivity index (χ2v) is 9.34. The summed E-state index contributed by atoms with van der Waals surface area (Å²) in [5, 5.41) is 9.93. The Morgan fingerprint density at radius 2 is 1.47 bits per heavy atom. The van der Waals surface area contributed by atoms with Gasteiger partial charge in [0.05, 0.1) is 5.41 Å². The van der Waals surface area contributed by atoms with Crippen LogP contribution in [0.25, 0.3) is 0 Å². The van der Waals surface area contributed by atoms with Gasteiger partial charge >= 0.3 is 18.3 Å². The summed E-state index contributed by atoms with van der Waals surface area (Å²) in [6.45, 7) is 8.42. The van der Waals surface area contributed by atoms with Crippen molar-refractivity contribution < 1.29 is 41.0 Å². The predicted molar refractivity (Wildman–Crippen MR) is 97.2 cm³/mol. The molecule has 0 aliphatic carbocycles. The summed E-state index contributed by atoms with van der Waals surface area (Å²) < 4.78 is 86.5. The van der Waals surface area contributed by atoms with Gasteiger partial charge in [-0.1, -0.05) is 65.0 Å². The first kappa shape index (κ1) is 24.5. The minimum atomic E-state index is -6.02. The lowest BCUT2D eigenvalue weighted by atomic mass is 9.56. The number of rotatable bonds is 4. The number of halogens is 6. The van der Waals surface area contributed by atoms with Crippen LogP contribution in [0, 0.1) is 16.7 Å². The molecule has 1 saturated heterocycles. The van der Waals surface area contributed by atoms with Gasteiger partial charge in [-0.2, -0.15) is 26.3 Å². The second kappa shape index (κ2) is 7.14. The number of cyclic esters (lactones) is 1. The van der Waals surface area contributed by atoms with Gasteiger partial charge in [-0.15, -0.1) is 0 Å². The SMILES string of the molecule is CC(C)C1(C(C)(C)C)CC(CC(O)(C(F)(F)F)C(F)(F)F)(c2ccccc2)OC1=O. The van der Waals surface area contributed by atoms with Gasteiger partial charge < -0.3 is 9.84 Å². The highest BCUT2D eigenvalue weighted by Gasteiger charge is 2.75. The van der Waals surface area contributed by atoms with Crippen molar-refractivity contribution in [2.75, 3.05) is 0 Å². The fourth-order valence-corrected chi connectivity index (χ4v) is 4.58. The van der Waals surface area contributed by atoms with Crippen molar-refractivity contribution in [1.29, 1.82) is 0 Å². The third kappa shape index (κ3) is 3.59. The summed E-state index contributed by atoms with van der Waals surface area (Å²) in [6.07, 6.45) is -14.4. The topological polar surface area (TPSA) is 46.5 Å². The Morgan fingerprint density at radius 3 is 1.80 bits per heavy atom. The molecule has 1 aliphatic rings. The fourth-order valence-electron chi connectivity index (χ4n) is 4.58. The number of aliphatic hydroxyl groups is 1. The van der Waals surface area contributed by atoms with Crippen LogP contribution in [0.15, 0.2) is 30.3 Å². The highest BCUT2D eigenvalue weighted by atomic mass is 19.4. The van der Waals surface area contributed by atoms with Gasteiger partial charge in [0.25, 0.3) is 5.60 Å². The first-order valence-corrected chi connectivity index (χ1v) is 9.49. The van der Waals surface area contributed by atoms with E-state index in [-0.39, 0.29) is 5.56 Å². The summed E-state index contributed by atoms with van der Waals surface area (Å²) >= 11 is 0. The summed E-state index contributed by atoms with van der Waals surface area (Å²) in [7, 11) is 0. The molecule has 0 amide bonds. The molecule has 3 nitrogen and oxygen atoms in total. The molecule has 170 valence electrons. The number of hydrogen-bond acceptors (Lipinski definition) is 3. The molecule has 1 aromatic carbocycles. The standard InChI is InChI=1S/C21H26F6O3/c1-13(2)18(16(3,4)5)11-17(30-15(18)28,14-9-7-6-8-10-14)12-19(29,20(22,23)24)21(25,26)27/h6-10,13,29H,11-12H2,1-5H3. The smallest absolute Gasteiger partial charge is 0.426 e. The number of alkyl halides is 6. The highest BCUT2D eigenvalue weighted by Crippen LogP contribution is 2.62. The molecular weight excluding hydrogens is 414 g/mol. The zero-order valence-corrected chi connectivity index (χ0v) is 17.4. The minimum Gasteiger partial charge on any atom is -0.454 e. The van der Waals surface area contributed by atoms with E-state index in [1.54, 1.807) is 34.6 Å². The average molecular weight is 440 g/mol. The lowest BCUT2D eigenvalue weighted by Gasteiger charge is -2.43. The van der Waals surface area contributed by atoms with Crippen LogP contribution in [0.3, 0.4) is 0 Å². The third-order valence-electron chi connectivity index (χ3n) is 6.32. The Morgan fingerprint density at radius 1 is 1.00 bits per heavy atom. The highest BCUT2D eigenvalue weighted by molar-refractivity contribution is 5.81. The normalized spacial score (nSPS) is 26.2. The van der Waals surface area contributed by atoms with E-state index in [1.807, 2.05) is 0 Å². The van der Waals surface area contributed by atoms with Crippen LogP contribution in [-0.2, 0) is 15.1 Å². The van der Waals surface area contributed by atoms with Crippen LogP contribution in [0.2, 0.25) is 0 Å². The van der Waals surface area contributed by atoms with Crippen molar-refractivity contribution in [3.63, 3.8) is 0 Å². The Labute approximate surface area is 171 Å². The first-order valence-electron chi connectivity index (χ1n) is 9.49. The molecule has 2 unspecified atom stereocenters. The maximum atomic E-state index is 13.5. The van der Waals surface area contributed by atoms with Crippen LogP contribution in [0.1, 0.15) is 53.0 Å². The van der Waals surface area contributed by atoms with Crippen molar-refractivity contribution in [1.82, 2.24) is 0 Å². The van der Waals surface area contributed by atoms with Gasteiger partial charge in [0.15, 0.2) is 0 Å². The number of ether oxygens (including phenoxy) is 1. The fraction of sp³-hybridized carbons (Fsp3) is 0.667. The van der Waals surface area contributed by atoms with E-state index in [2.05, 4.69) is 0 Å². The Kier molecular flexibility index (Phi) is 5.83. The number of benzene rings is 1. The van der Waals surface area contributed by atoms with E-state index >= 15 is 0 Å². The van der Waals surface area contributed by atoms with Crippen LogP contribution >= 0.6 is 0 Å². The molecule has 9 heteroatoms. The average Bonchev–Trinajstić information content (AvgIpc) is 2.88. The molecule has 0 radical (unpaired) electrons. The molecule has 1 fully saturated rings. The summed E-state index contributed by atoms with van der Waals surface area (Å²) in [5.41, 5.74) is -9.59. The van der Waals surface area contributed by atoms with E-state index in [0.717, 1.165) is 0 Å². The van der Waals surface area contributed by atoms with E-state index in [0.29, 0.717) is 0 Å². The van der Waals surface area contributed by atoms with Crippen molar-refractivity contribution in [2.24, 2.45) is 16.7 Å². The maximum absolute atomic E-state index is 13.5. The van der Waals surface area contributed by atoms with Crippen LogP contribution in [-0.4, -0.2) is 29.0 Å². The van der Waals surface area contributed by atoms with Gasteiger partial charge in [0.2, 0.25) is 0 Å². The molecule has 0 saturated carbocycles. The lowest BCUT2D eigenvalue weighted by Crippen LogP contribution is -2.60. The van der Waals surface area contributed by atoms with E-state index in [4.69, 9.17) is 4.74 Å². The first-order chi connectivity index (χ1) is 13.3.